The van der Waals surface area contributed by atoms with E-state index in [-0.39, 0.29) is 11.4 Å². The lowest BCUT2D eigenvalue weighted by Crippen LogP contribution is -2.15. The summed E-state index contributed by atoms with van der Waals surface area (Å²) in [5.41, 5.74) is 0.101. The Kier molecular flexibility index (Phi) is 5.25. The first-order chi connectivity index (χ1) is 10.7. The number of nitrogens with zero attached hydrogens (tertiary/aromatic N) is 2. The predicted octanol–water partition coefficient (Wildman–Crippen LogP) is 3.84. The molecule has 0 aliphatic heterocycles. The predicted molar refractivity (Wildman–Crippen MR) is 82.3 cm³/mol. The fraction of sp³-hybridized carbons (Fsp3) is 0.267. The van der Waals surface area contributed by atoms with Crippen molar-refractivity contribution in [3.8, 4) is 0 Å². The first-order valence-corrected chi connectivity index (χ1v) is 7.65. The lowest BCUT2D eigenvalue weighted by Gasteiger charge is -2.10. The van der Waals surface area contributed by atoms with Gasteiger partial charge < -0.3 is 5.32 Å². The minimum atomic E-state index is -4.44. The molecule has 0 saturated carbocycles. The molecule has 2 aromatic rings. The molecule has 0 bridgehead atoms. The van der Waals surface area contributed by atoms with Gasteiger partial charge in [0, 0.05) is 11.4 Å². The van der Waals surface area contributed by atoms with Gasteiger partial charge in [-0.15, -0.1) is 0 Å². The van der Waals surface area contributed by atoms with E-state index in [1.807, 2.05) is 6.92 Å². The van der Waals surface area contributed by atoms with Gasteiger partial charge in [-0.25, -0.2) is 9.97 Å². The number of anilines is 1. The third-order valence-electron chi connectivity index (χ3n) is 2.77. The van der Waals surface area contributed by atoms with Gasteiger partial charge in [-0.3, -0.25) is 4.79 Å². The number of alkyl halides is 3. The number of nitrogens with one attached hydrogen (secondary N) is 1. The van der Waals surface area contributed by atoms with Crippen molar-refractivity contribution in [1.82, 2.24) is 9.97 Å². The zero-order chi connectivity index (χ0) is 17.0. The highest BCUT2D eigenvalue weighted by molar-refractivity contribution is 7.99. The Labute approximate surface area is 135 Å². The number of carbonyl (C=O) groups excluding carboxylic acids is 1. The molecule has 1 N–H and O–H groups in total. The van der Waals surface area contributed by atoms with E-state index in [1.54, 1.807) is 13.0 Å². The normalized spacial score (nSPS) is 11.3. The maximum Gasteiger partial charge on any atom is 0.416 e. The van der Waals surface area contributed by atoms with E-state index in [0.29, 0.717) is 10.9 Å². The molecule has 1 amide bonds. The molecule has 1 aromatic carbocycles. The summed E-state index contributed by atoms with van der Waals surface area (Å²) in [4.78, 5) is 20.2. The number of amides is 1. The van der Waals surface area contributed by atoms with Crippen molar-refractivity contribution in [3.05, 3.63) is 47.4 Å². The SMILES string of the molecule is Cc1cc(SCC(=O)Nc2cccc(C(F)(F)F)c2)nc(C)n1. The van der Waals surface area contributed by atoms with Gasteiger partial charge in [-0.05, 0) is 38.1 Å². The van der Waals surface area contributed by atoms with Crippen LogP contribution in [0.15, 0.2) is 35.4 Å². The second-order valence-electron chi connectivity index (χ2n) is 4.81. The highest BCUT2D eigenvalue weighted by Gasteiger charge is 2.30. The van der Waals surface area contributed by atoms with E-state index < -0.39 is 17.6 Å². The van der Waals surface area contributed by atoms with Gasteiger partial charge in [0.25, 0.3) is 0 Å². The molecule has 1 aromatic heterocycles. The van der Waals surface area contributed by atoms with Gasteiger partial charge in [0.05, 0.1) is 11.3 Å². The Morgan fingerprint density at radius 3 is 2.61 bits per heavy atom. The highest BCUT2D eigenvalue weighted by Crippen LogP contribution is 2.30. The number of carbonyl (C=O) groups is 1. The van der Waals surface area contributed by atoms with Crippen LogP contribution in [0, 0.1) is 13.8 Å². The smallest absolute Gasteiger partial charge is 0.325 e. The number of benzene rings is 1. The lowest BCUT2D eigenvalue weighted by atomic mass is 10.2. The number of aryl methyl sites for hydroxylation is 2. The molecule has 1 heterocycles. The molecule has 0 fully saturated rings. The van der Waals surface area contributed by atoms with E-state index in [0.717, 1.165) is 17.8 Å². The summed E-state index contributed by atoms with van der Waals surface area (Å²) in [6.07, 6.45) is -4.44. The fourth-order valence-corrected chi connectivity index (χ4v) is 2.67. The zero-order valence-electron chi connectivity index (χ0n) is 12.4. The topological polar surface area (TPSA) is 54.9 Å². The summed E-state index contributed by atoms with van der Waals surface area (Å²) in [6.45, 7) is 3.57. The summed E-state index contributed by atoms with van der Waals surface area (Å²) in [7, 11) is 0. The summed E-state index contributed by atoms with van der Waals surface area (Å²) >= 11 is 1.20. The number of thioether (sulfide) groups is 1. The Morgan fingerprint density at radius 1 is 1.22 bits per heavy atom. The molecule has 0 unspecified atom stereocenters. The van der Waals surface area contributed by atoms with Crippen molar-refractivity contribution in [2.75, 3.05) is 11.1 Å². The molecule has 0 saturated heterocycles. The second-order valence-corrected chi connectivity index (χ2v) is 5.81. The van der Waals surface area contributed by atoms with Crippen molar-refractivity contribution in [1.29, 1.82) is 0 Å². The van der Waals surface area contributed by atoms with Crippen LogP contribution in [0.3, 0.4) is 0 Å². The van der Waals surface area contributed by atoms with E-state index in [4.69, 9.17) is 0 Å². The molecule has 23 heavy (non-hydrogen) atoms. The van der Waals surface area contributed by atoms with Crippen molar-refractivity contribution in [2.45, 2.75) is 25.0 Å². The molecular formula is C15H14F3N3OS. The molecule has 8 heteroatoms. The minimum absolute atomic E-state index is 0.0478. The highest BCUT2D eigenvalue weighted by atomic mass is 32.2. The summed E-state index contributed by atoms with van der Waals surface area (Å²) in [5, 5.41) is 3.10. The molecule has 0 aliphatic carbocycles. The van der Waals surface area contributed by atoms with Crippen LogP contribution in [0.25, 0.3) is 0 Å². The van der Waals surface area contributed by atoms with Gasteiger partial charge in [0.1, 0.15) is 10.9 Å². The third kappa shape index (κ3) is 5.24. The molecule has 2 rings (SSSR count). The molecule has 0 spiro atoms. The molecule has 0 radical (unpaired) electrons. The molecule has 122 valence electrons. The monoisotopic (exact) mass is 341 g/mol. The van der Waals surface area contributed by atoms with Crippen LogP contribution in [0.4, 0.5) is 18.9 Å². The second kappa shape index (κ2) is 6.99. The first-order valence-electron chi connectivity index (χ1n) is 6.66. The Hall–Kier alpha value is -2.09. The van der Waals surface area contributed by atoms with E-state index in [9.17, 15) is 18.0 Å². The number of hydrogen-bond donors (Lipinski definition) is 1. The summed E-state index contributed by atoms with van der Waals surface area (Å²) in [6, 6.07) is 6.27. The van der Waals surface area contributed by atoms with Crippen LogP contribution in [0.5, 0.6) is 0 Å². The van der Waals surface area contributed by atoms with Crippen LogP contribution in [0.2, 0.25) is 0 Å². The van der Waals surface area contributed by atoms with Crippen molar-refractivity contribution in [3.63, 3.8) is 0 Å². The maximum absolute atomic E-state index is 12.6. The summed E-state index contributed by atoms with van der Waals surface area (Å²) in [5.74, 6) is 0.251. The van der Waals surface area contributed by atoms with Crippen molar-refractivity contribution in [2.24, 2.45) is 0 Å². The average molecular weight is 341 g/mol. The molecule has 0 aliphatic rings. The van der Waals surface area contributed by atoms with Gasteiger partial charge in [-0.1, -0.05) is 17.8 Å². The first kappa shape index (κ1) is 17.3. The Balaban J connectivity index is 1.97. The largest absolute Gasteiger partial charge is 0.416 e. The Morgan fingerprint density at radius 2 is 1.96 bits per heavy atom. The Bertz CT molecular complexity index is 699. The van der Waals surface area contributed by atoms with Crippen LogP contribution >= 0.6 is 11.8 Å². The summed E-state index contributed by atoms with van der Waals surface area (Å²) < 4.78 is 37.9. The number of halogens is 3. The van der Waals surface area contributed by atoms with Crippen LogP contribution < -0.4 is 5.32 Å². The quantitative estimate of drug-likeness (QED) is 0.678. The zero-order valence-corrected chi connectivity index (χ0v) is 13.3. The standard InChI is InChI=1S/C15H14F3N3OS/c1-9-6-14(20-10(2)19-9)23-8-13(22)21-12-5-3-4-11(7-12)15(16,17)18/h3-7H,8H2,1-2H3,(H,21,22). The van der Waals surface area contributed by atoms with E-state index in [1.165, 1.54) is 23.9 Å². The number of aromatic nitrogens is 2. The van der Waals surface area contributed by atoms with Crippen LogP contribution in [-0.4, -0.2) is 21.6 Å². The third-order valence-corrected chi connectivity index (χ3v) is 3.68. The molecule has 4 nitrogen and oxygen atoms in total. The lowest BCUT2D eigenvalue weighted by molar-refractivity contribution is -0.137. The fourth-order valence-electron chi connectivity index (χ4n) is 1.87. The van der Waals surface area contributed by atoms with Crippen molar-refractivity contribution >= 4 is 23.4 Å². The van der Waals surface area contributed by atoms with Gasteiger partial charge >= 0.3 is 6.18 Å². The average Bonchev–Trinajstić information content (AvgIpc) is 2.43. The van der Waals surface area contributed by atoms with Crippen LogP contribution in [0.1, 0.15) is 17.1 Å². The van der Waals surface area contributed by atoms with Crippen LogP contribution in [-0.2, 0) is 11.0 Å². The van der Waals surface area contributed by atoms with Gasteiger partial charge in [0.15, 0.2) is 0 Å². The number of hydrogen-bond acceptors (Lipinski definition) is 4. The van der Waals surface area contributed by atoms with Crippen molar-refractivity contribution < 1.29 is 18.0 Å². The molecular weight excluding hydrogens is 327 g/mol. The minimum Gasteiger partial charge on any atom is -0.325 e. The van der Waals surface area contributed by atoms with Gasteiger partial charge in [0.2, 0.25) is 5.91 Å². The number of rotatable bonds is 4. The van der Waals surface area contributed by atoms with Gasteiger partial charge in [-0.2, -0.15) is 13.2 Å². The maximum atomic E-state index is 12.6. The van der Waals surface area contributed by atoms with E-state index in [2.05, 4.69) is 15.3 Å². The molecule has 0 atom stereocenters. The van der Waals surface area contributed by atoms with E-state index >= 15 is 0 Å².